The van der Waals surface area contributed by atoms with Crippen LogP contribution in [-0.4, -0.2) is 38.7 Å². The number of nitro groups is 1. The summed E-state index contributed by atoms with van der Waals surface area (Å²) in [4.78, 5) is 39.6. The maximum absolute atomic E-state index is 12.7. The van der Waals surface area contributed by atoms with Crippen molar-refractivity contribution in [1.29, 1.82) is 0 Å². The second-order valence-corrected chi connectivity index (χ2v) is 7.63. The van der Waals surface area contributed by atoms with Crippen LogP contribution in [0.3, 0.4) is 0 Å². The molecule has 2 aromatic rings. The number of aromatic hydroxyl groups is 1. The van der Waals surface area contributed by atoms with E-state index in [0.29, 0.717) is 16.7 Å². The SMILES string of the molecule is CCOC(=O)C1=C(O)/C(=C/c2ccc(O)c([N+](=O)[O-])c2)SC1=NC(=O)c1ccccc1C. The van der Waals surface area contributed by atoms with Gasteiger partial charge in [0.25, 0.3) is 5.91 Å². The molecule has 3 rings (SSSR count). The van der Waals surface area contributed by atoms with Crippen LogP contribution in [0.1, 0.15) is 28.4 Å². The number of benzene rings is 2. The summed E-state index contributed by atoms with van der Waals surface area (Å²) in [5, 5.41) is 31.3. The number of hydrogen-bond acceptors (Lipinski definition) is 8. The van der Waals surface area contributed by atoms with Gasteiger partial charge in [0.2, 0.25) is 0 Å². The summed E-state index contributed by atoms with van der Waals surface area (Å²) < 4.78 is 4.99. The first-order valence-corrected chi connectivity index (χ1v) is 10.2. The summed E-state index contributed by atoms with van der Waals surface area (Å²) in [7, 11) is 0. The van der Waals surface area contributed by atoms with Gasteiger partial charge in [0.15, 0.2) is 5.75 Å². The molecule has 0 aromatic heterocycles. The van der Waals surface area contributed by atoms with Gasteiger partial charge in [-0.3, -0.25) is 14.9 Å². The number of aryl methyl sites for hydroxylation is 1. The van der Waals surface area contributed by atoms with Crippen molar-refractivity contribution in [2.75, 3.05) is 6.61 Å². The number of phenolic OH excluding ortho intramolecular Hbond substituents is 1. The van der Waals surface area contributed by atoms with Gasteiger partial charge in [-0.05, 0) is 43.2 Å². The minimum atomic E-state index is -0.853. The van der Waals surface area contributed by atoms with E-state index in [1.54, 1.807) is 38.1 Å². The highest BCUT2D eigenvalue weighted by molar-refractivity contribution is 8.18. The van der Waals surface area contributed by atoms with Gasteiger partial charge in [-0.2, -0.15) is 0 Å². The van der Waals surface area contributed by atoms with Gasteiger partial charge >= 0.3 is 11.7 Å². The Hall–Kier alpha value is -3.92. The van der Waals surface area contributed by atoms with Crippen molar-refractivity contribution in [3.8, 4) is 5.75 Å². The predicted molar refractivity (Wildman–Crippen MR) is 120 cm³/mol. The number of ether oxygens (including phenoxy) is 1. The van der Waals surface area contributed by atoms with Gasteiger partial charge in [-0.25, -0.2) is 9.79 Å². The van der Waals surface area contributed by atoms with Crippen LogP contribution in [0.15, 0.2) is 63.7 Å². The summed E-state index contributed by atoms with van der Waals surface area (Å²) >= 11 is 0.856. The van der Waals surface area contributed by atoms with Crippen molar-refractivity contribution in [2.45, 2.75) is 13.8 Å². The van der Waals surface area contributed by atoms with Crippen LogP contribution >= 0.6 is 11.8 Å². The molecular formula is C22H18N2O7S. The molecular weight excluding hydrogens is 436 g/mol. The Morgan fingerprint density at radius 1 is 1.22 bits per heavy atom. The number of thioether (sulfide) groups is 1. The van der Waals surface area contributed by atoms with Gasteiger partial charge in [0.1, 0.15) is 16.4 Å². The number of carbonyl (C=O) groups excluding carboxylic acids is 2. The monoisotopic (exact) mass is 454 g/mol. The third kappa shape index (κ3) is 4.70. The largest absolute Gasteiger partial charge is 0.506 e. The molecule has 32 heavy (non-hydrogen) atoms. The number of aliphatic imine (C=N–C) groups is 1. The van der Waals surface area contributed by atoms with E-state index < -0.39 is 34.0 Å². The molecule has 1 aliphatic heterocycles. The van der Waals surface area contributed by atoms with E-state index in [4.69, 9.17) is 4.74 Å². The fourth-order valence-corrected chi connectivity index (χ4v) is 3.90. The summed E-state index contributed by atoms with van der Waals surface area (Å²) in [6.45, 7) is 3.39. The molecule has 0 fully saturated rings. The van der Waals surface area contributed by atoms with Crippen LogP contribution in [0.4, 0.5) is 5.69 Å². The molecule has 1 amide bonds. The Morgan fingerprint density at radius 3 is 2.59 bits per heavy atom. The van der Waals surface area contributed by atoms with Gasteiger partial charge in [-0.1, -0.05) is 36.0 Å². The van der Waals surface area contributed by atoms with E-state index in [0.717, 1.165) is 23.9 Å². The maximum Gasteiger partial charge on any atom is 0.344 e. The predicted octanol–water partition coefficient (Wildman–Crippen LogP) is 4.31. The van der Waals surface area contributed by atoms with Crippen molar-refractivity contribution in [1.82, 2.24) is 0 Å². The third-order valence-corrected chi connectivity index (χ3v) is 5.46. The van der Waals surface area contributed by atoms with Gasteiger partial charge in [-0.15, -0.1) is 0 Å². The number of amides is 1. The molecule has 0 unspecified atom stereocenters. The quantitative estimate of drug-likeness (QED) is 0.387. The molecule has 0 radical (unpaired) electrons. The molecule has 9 nitrogen and oxygen atoms in total. The van der Waals surface area contributed by atoms with Crippen LogP contribution in [0.2, 0.25) is 0 Å². The number of aliphatic hydroxyl groups excluding tert-OH is 1. The lowest BCUT2D eigenvalue weighted by Gasteiger charge is -2.04. The van der Waals surface area contributed by atoms with Crippen molar-refractivity contribution >= 4 is 40.4 Å². The first kappa shape index (κ1) is 22.8. The highest BCUT2D eigenvalue weighted by Crippen LogP contribution is 2.40. The minimum Gasteiger partial charge on any atom is -0.506 e. The molecule has 0 atom stereocenters. The molecule has 1 heterocycles. The Bertz CT molecular complexity index is 1210. The summed E-state index contributed by atoms with van der Waals surface area (Å²) in [5.41, 5.74) is 0.550. The zero-order chi connectivity index (χ0) is 23.4. The topological polar surface area (TPSA) is 139 Å². The number of carbonyl (C=O) groups is 2. The zero-order valence-electron chi connectivity index (χ0n) is 17.1. The standard InChI is InChI=1S/C22H18N2O7S/c1-3-31-22(28)18-19(26)17(11-13-8-9-16(25)15(10-13)24(29)30)32-21(18)23-20(27)14-7-5-4-6-12(14)2/h4-11,25-26H,3H2,1-2H3/b17-11-,23-21?. The zero-order valence-corrected chi connectivity index (χ0v) is 17.9. The van der Waals surface area contributed by atoms with Crippen molar-refractivity contribution in [3.05, 3.63) is 85.5 Å². The Kier molecular flexibility index (Phi) is 6.74. The van der Waals surface area contributed by atoms with Gasteiger partial charge in [0, 0.05) is 11.6 Å². The van der Waals surface area contributed by atoms with E-state index in [2.05, 4.69) is 4.99 Å². The third-order valence-electron chi connectivity index (χ3n) is 4.44. The summed E-state index contributed by atoms with van der Waals surface area (Å²) in [6.07, 6.45) is 1.38. The van der Waals surface area contributed by atoms with E-state index in [1.165, 1.54) is 12.1 Å². The number of nitro benzene ring substituents is 1. The molecule has 0 saturated heterocycles. The van der Waals surface area contributed by atoms with E-state index >= 15 is 0 Å². The number of hydrogen-bond donors (Lipinski definition) is 2. The van der Waals surface area contributed by atoms with Crippen molar-refractivity contribution in [2.24, 2.45) is 4.99 Å². The number of rotatable bonds is 5. The van der Waals surface area contributed by atoms with Gasteiger partial charge in [0.05, 0.1) is 16.4 Å². The highest BCUT2D eigenvalue weighted by Gasteiger charge is 2.34. The Balaban J connectivity index is 2.06. The smallest absolute Gasteiger partial charge is 0.344 e. The van der Waals surface area contributed by atoms with Crippen molar-refractivity contribution < 1.29 is 29.5 Å². The van der Waals surface area contributed by atoms with Crippen LogP contribution in [0.5, 0.6) is 5.75 Å². The molecule has 0 saturated carbocycles. The molecule has 2 N–H and O–H groups in total. The normalized spacial score (nSPS) is 15.9. The Morgan fingerprint density at radius 2 is 1.94 bits per heavy atom. The first-order chi connectivity index (χ1) is 15.2. The molecule has 0 bridgehead atoms. The average molecular weight is 454 g/mol. The van der Waals surface area contributed by atoms with Gasteiger partial charge < -0.3 is 14.9 Å². The number of esters is 1. The number of phenols is 1. The minimum absolute atomic E-state index is 0.0442. The van der Waals surface area contributed by atoms with E-state index in [1.807, 2.05) is 0 Å². The van der Waals surface area contributed by atoms with E-state index in [-0.39, 0.29) is 22.1 Å². The van der Waals surface area contributed by atoms with Crippen LogP contribution in [-0.2, 0) is 9.53 Å². The number of aliphatic hydroxyl groups is 1. The molecule has 2 aromatic carbocycles. The number of nitrogens with zero attached hydrogens (tertiary/aromatic N) is 2. The molecule has 0 spiro atoms. The van der Waals surface area contributed by atoms with Crippen LogP contribution < -0.4 is 0 Å². The average Bonchev–Trinajstić information content (AvgIpc) is 3.04. The molecule has 10 heteroatoms. The van der Waals surface area contributed by atoms with Crippen molar-refractivity contribution in [3.63, 3.8) is 0 Å². The first-order valence-electron chi connectivity index (χ1n) is 9.39. The fraction of sp³-hybridized carbons (Fsp3) is 0.136. The second-order valence-electron chi connectivity index (χ2n) is 6.60. The summed E-state index contributed by atoms with van der Waals surface area (Å²) in [6, 6.07) is 10.5. The molecule has 1 aliphatic rings. The lowest BCUT2D eigenvalue weighted by atomic mass is 10.1. The maximum atomic E-state index is 12.7. The fourth-order valence-electron chi connectivity index (χ4n) is 2.88. The summed E-state index contributed by atoms with van der Waals surface area (Å²) in [5.74, 6) is -2.41. The van der Waals surface area contributed by atoms with Crippen LogP contribution in [0.25, 0.3) is 6.08 Å². The molecule has 164 valence electrons. The second kappa shape index (κ2) is 9.48. The highest BCUT2D eigenvalue weighted by atomic mass is 32.2. The molecule has 0 aliphatic carbocycles. The lowest BCUT2D eigenvalue weighted by molar-refractivity contribution is -0.385. The van der Waals surface area contributed by atoms with E-state index in [9.17, 15) is 29.9 Å². The van der Waals surface area contributed by atoms with Crippen LogP contribution in [0, 0.1) is 17.0 Å². The lowest BCUT2D eigenvalue weighted by Crippen LogP contribution is -2.14. The Labute approximate surface area is 186 Å².